The first-order valence-electron chi connectivity index (χ1n) is 6.91. The Balaban J connectivity index is 1.76. The third-order valence-electron chi connectivity index (χ3n) is 3.69. The number of piperidine rings is 1. The van der Waals surface area contributed by atoms with Crippen LogP contribution in [0.15, 0.2) is 11.8 Å². The molecule has 1 aliphatic carbocycles. The molecule has 1 heterocycles. The van der Waals surface area contributed by atoms with Crippen molar-refractivity contribution in [1.29, 1.82) is 0 Å². The van der Waals surface area contributed by atoms with Crippen molar-refractivity contribution in [3.8, 4) is 0 Å². The van der Waals surface area contributed by atoms with E-state index in [9.17, 15) is 4.79 Å². The molecule has 0 saturated carbocycles. The zero-order valence-corrected chi connectivity index (χ0v) is 10.7. The summed E-state index contributed by atoms with van der Waals surface area (Å²) in [5.41, 5.74) is 1.15. The molecule has 0 aromatic heterocycles. The summed E-state index contributed by atoms with van der Waals surface area (Å²) in [6, 6.07) is 0. The van der Waals surface area contributed by atoms with E-state index in [0.717, 1.165) is 31.6 Å². The normalized spacial score (nSPS) is 28.3. The van der Waals surface area contributed by atoms with Crippen molar-refractivity contribution in [2.75, 3.05) is 6.61 Å². The van der Waals surface area contributed by atoms with Crippen molar-refractivity contribution >= 4 is 5.91 Å². The molecule has 2 aliphatic rings. The van der Waals surface area contributed by atoms with Gasteiger partial charge in [0.05, 0.1) is 6.10 Å². The Morgan fingerprint density at radius 1 is 1.47 bits per heavy atom. The summed E-state index contributed by atoms with van der Waals surface area (Å²) in [7, 11) is 0. The van der Waals surface area contributed by atoms with Crippen molar-refractivity contribution in [1.82, 2.24) is 5.32 Å². The van der Waals surface area contributed by atoms with Gasteiger partial charge in [-0.15, -0.1) is 0 Å². The minimum absolute atomic E-state index is 0.176. The quantitative estimate of drug-likeness (QED) is 0.747. The Labute approximate surface area is 104 Å². The van der Waals surface area contributed by atoms with E-state index in [-0.39, 0.29) is 5.91 Å². The molecule has 1 amide bonds. The Bertz CT molecular complexity index is 299. The van der Waals surface area contributed by atoms with Crippen LogP contribution in [0.25, 0.3) is 0 Å². The van der Waals surface area contributed by atoms with E-state index in [4.69, 9.17) is 4.74 Å². The lowest BCUT2D eigenvalue weighted by Gasteiger charge is -2.33. The van der Waals surface area contributed by atoms with Gasteiger partial charge < -0.3 is 10.1 Å². The van der Waals surface area contributed by atoms with Crippen LogP contribution in [-0.4, -0.2) is 18.6 Å². The number of nitrogens with one attached hydrogen (secondary N) is 1. The summed E-state index contributed by atoms with van der Waals surface area (Å²) in [6.45, 7) is 3.10. The van der Waals surface area contributed by atoms with E-state index in [2.05, 4.69) is 18.3 Å². The van der Waals surface area contributed by atoms with E-state index in [1.165, 1.54) is 19.3 Å². The SMILES string of the molecule is CCCCCOC1CC=C2NC(=O)CCC2C1. The van der Waals surface area contributed by atoms with E-state index >= 15 is 0 Å². The van der Waals surface area contributed by atoms with Crippen LogP contribution in [-0.2, 0) is 9.53 Å². The number of hydrogen-bond donors (Lipinski definition) is 1. The Morgan fingerprint density at radius 3 is 3.18 bits per heavy atom. The van der Waals surface area contributed by atoms with Crippen molar-refractivity contribution in [3.63, 3.8) is 0 Å². The number of hydrogen-bond acceptors (Lipinski definition) is 2. The zero-order valence-electron chi connectivity index (χ0n) is 10.7. The fourth-order valence-corrected chi connectivity index (χ4v) is 2.66. The van der Waals surface area contributed by atoms with Gasteiger partial charge in [-0.3, -0.25) is 4.79 Å². The van der Waals surface area contributed by atoms with Gasteiger partial charge in [-0.05, 0) is 25.7 Å². The molecule has 0 spiro atoms. The molecule has 2 unspecified atom stereocenters. The average molecular weight is 237 g/mol. The number of unbranched alkanes of at least 4 members (excludes halogenated alkanes) is 2. The highest BCUT2D eigenvalue weighted by Gasteiger charge is 2.29. The summed E-state index contributed by atoms with van der Waals surface area (Å²) in [4.78, 5) is 11.3. The van der Waals surface area contributed by atoms with Crippen molar-refractivity contribution < 1.29 is 9.53 Å². The zero-order chi connectivity index (χ0) is 12.1. The van der Waals surface area contributed by atoms with Crippen LogP contribution in [0.3, 0.4) is 0 Å². The largest absolute Gasteiger partial charge is 0.378 e. The van der Waals surface area contributed by atoms with Crippen LogP contribution >= 0.6 is 0 Å². The maximum Gasteiger partial charge on any atom is 0.224 e. The number of fused-ring (bicyclic) bond motifs is 1. The van der Waals surface area contributed by atoms with Gasteiger partial charge >= 0.3 is 0 Å². The number of ether oxygens (including phenoxy) is 1. The molecule has 96 valence electrons. The Morgan fingerprint density at radius 2 is 2.35 bits per heavy atom. The molecular formula is C14H23NO2. The van der Waals surface area contributed by atoms with E-state index in [1.54, 1.807) is 0 Å². The maximum atomic E-state index is 11.3. The van der Waals surface area contributed by atoms with Crippen molar-refractivity contribution in [2.45, 2.75) is 58.0 Å². The van der Waals surface area contributed by atoms with Crippen molar-refractivity contribution in [2.24, 2.45) is 5.92 Å². The number of allylic oxidation sites excluding steroid dienone is 1. The lowest BCUT2D eigenvalue weighted by atomic mass is 9.84. The topological polar surface area (TPSA) is 38.3 Å². The molecule has 3 nitrogen and oxygen atoms in total. The van der Waals surface area contributed by atoms with Gasteiger partial charge in [0.2, 0.25) is 5.91 Å². The summed E-state index contributed by atoms with van der Waals surface area (Å²) >= 11 is 0. The maximum absolute atomic E-state index is 11.3. The lowest BCUT2D eigenvalue weighted by molar-refractivity contribution is -0.122. The molecule has 3 heteroatoms. The standard InChI is InChI=1S/C14H23NO2/c1-2-3-4-9-17-12-6-7-13-11(10-12)5-8-14(16)15-13/h7,11-12H,2-6,8-10H2,1H3,(H,15,16). The minimum Gasteiger partial charge on any atom is -0.378 e. The molecule has 1 aliphatic heterocycles. The van der Waals surface area contributed by atoms with Gasteiger partial charge in [0, 0.05) is 24.6 Å². The van der Waals surface area contributed by atoms with Crippen LogP contribution in [0.5, 0.6) is 0 Å². The predicted molar refractivity (Wildman–Crippen MR) is 67.4 cm³/mol. The van der Waals surface area contributed by atoms with E-state index < -0.39 is 0 Å². The third kappa shape index (κ3) is 3.56. The molecular weight excluding hydrogens is 214 g/mol. The fraction of sp³-hybridized carbons (Fsp3) is 0.786. The number of rotatable bonds is 5. The molecule has 2 rings (SSSR count). The van der Waals surface area contributed by atoms with Gasteiger partial charge in [-0.2, -0.15) is 0 Å². The highest BCUT2D eigenvalue weighted by Crippen LogP contribution is 2.31. The van der Waals surface area contributed by atoms with Gasteiger partial charge in [0.15, 0.2) is 0 Å². The lowest BCUT2D eigenvalue weighted by Crippen LogP contribution is -2.37. The second-order valence-corrected chi connectivity index (χ2v) is 5.11. The third-order valence-corrected chi connectivity index (χ3v) is 3.69. The first-order chi connectivity index (χ1) is 8.29. The molecule has 0 aromatic carbocycles. The van der Waals surface area contributed by atoms with Crippen LogP contribution in [0, 0.1) is 5.92 Å². The summed E-state index contributed by atoms with van der Waals surface area (Å²) in [6.07, 6.45) is 9.91. The highest BCUT2D eigenvalue weighted by atomic mass is 16.5. The molecule has 1 saturated heterocycles. The Kier molecular flexibility index (Phi) is 4.60. The molecule has 0 aromatic rings. The summed E-state index contributed by atoms with van der Waals surface area (Å²) in [5.74, 6) is 0.701. The number of carbonyl (C=O) groups is 1. The van der Waals surface area contributed by atoms with Gasteiger partial charge in [-0.25, -0.2) is 0 Å². The first kappa shape index (κ1) is 12.6. The average Bonchev–Trinajstić information content (AvgIpc) is 2.35. The number of carbonyl (C=O) groups excluding carboxylic acids is 1. The van der Waals surface area contributed by atoms with Gasteiger partial charge in [0.1, 0.15) is 0 Å². The summed E-state index contributed by atoms with van der Waals surface area (Å²) < 4.78 is 5.90. The molecule has 1 N–H and O–H groups in total. The second kappa shape index (κ2) is 6.20. The highest BCUT2D eigenvalue weighted by molar-refractivity contribution is 5.79. The smallest absolute Gasteiger partial charge is 0.224 e. The van der Waals surface area contributed by atoms with Gasteiger partial charge in [0.25, 0.3) is 0 Å². The van der Waals surface area contributed by atoms with Gasteiger partial charge in [-0.1, -0.05) is 25.8 Å². The molecule has 2 atom stereocenters. The molecule has 17 heavy (non-hydrogen) atoms. The van der Waals surface area contributed by atoms with Crippen LogP contribution < -0.4 is 5.32 Å². The molecule has 0 radical (unpaired) electrons. The fourth-order valence-electron chi connectivity index (χ4n) is 2.66. The minimum atomic E-state index is 0.176. The second-order valence-electron chi connectivity index (χ2n) is 5.11. The predicted octanol–water partition coefficient (Wildman–Crippen LogP) is 2.77. The van der Waals surface area contributed by atoms with Crippen LogP contribution in [0.4, 0.5) is 0 Å². The van der Waals surface area contributed by atoms with Crippen LogP contribution in [0.2, 0.25) is 0 Å². The molecule has 1 fully saturated rings. The first-order valence-corrected chi connectivity index (χ1v) is 6.91. The monoisotopic (exact) mass is 237 g/mol. The van der Waals surface area contributed by atoms with Crippen molar-refractivity contribution in [3.05, 3.63) is 11.8 Å². The molecule has 0 bridgehead atoms. The van der Waals surface area contributed by atoms with E-state index in [1.807, 2.05) is 0 Å². The number of amides is 1. The Hall–Kier alpha value is -0.830. The van der Waals surface area contributed by atoms with E-state index in [0.29, 0.717) is 18.4 Å². The van der Waals surface area contributed by atoms with Crippen LogP contribution in [0.1, 0.15) is 51.9 Å². The summed E-state index contributed by atoms with van der Waals surface area (Å²) in [5, 5.41) is 2.98.